The molecule has 0 radical (unpaired) electrons. The van der Waals surface area contributed by atoms with Gasteiger partial charge in [0.05, 0.1) is 0 Å². The van der Waals surface area contributed by atoms with Crippen molar-refractivity contribution in [2.45, 2.75) is 26.7 Å². The molecule has 0 bridgehead atoms. The van der Waals surface area contributed by atoms with Gasteiger partial charge >= 0.3 is 0 Å². The Morgan fingerprint density at radius 1 is 1.10 bits per heavy atom. The molecule has 2 rings (SSSR count). The molecular weight excluding hydrogens is 255 g/mol. The lowest BCUT2D eigenvalue weighted by atomic mass is 10.0. The minimum Gasteiger partial charge on any atom is -0.368 e. The molecule has 1 aromatic carbocycles. The number of halogens is 1. The highest BCUT2D eigenvalue weighted by atomic mass is 19.1. The van der Waals surface area contributed by atoms with Crippen LogP contribution in [0.4, 0.5) is 10.1 Å². The molecule has 0 atom stereocenters. The first kappa shape index (κ1) is 14.8. The molecule has 0 aromatic heterocycles. The molecule has 1 amide bonds. The van der Waals surface area contributed by atoms with Crippen molar-refractivity contribution in [2.24, 2.45) is 5.92 Å². The van der Waals surface area contributed by atoms with Crippen LogP contribution in [0.1, 0.15) is 26.7 Å². The number of anilines is 1. The summed E-state index contributed by atoms with van der Waals surface area (Å²) >= 11 is 0. The van der Waals surface area contributed by atoms with E-state index in [9.17, 15) is 9.18 Å². The second kappa shape index (κ2) is 6.73. The third kappa shape index (κ3) is 3.30. The monoisotopic (exact) mass is 278 g/mol. The van der Waals surface area contributed by atoms with Gasteiger partial charge in [-0.2, -0.15) is 0 Å². The van der Waals surface area contributed by atoms with Crippen LogP contribution < -0.4 is 4.90 Å². The average Bonchev–Trinajstić information content (AvgIpc) is 2.49. The van der Waals surface area contributed by atoms with E-state index in [0.717, 1.165) is 44.7 Å². The summed E-state index contributed by atoms with van der Waals surface area (Å²) in [5, 5.41) is 0. The Hall–Kier alpha value is -1.58. The molecule has 1 heterocycles. The van der Waals surface area contributed by atoms with Crippen LogP contribution in [0.15, 0.2) is 24.3 Å². The minimum absolute atomic E-state index is 0.160. The van der Waals surface area contributed by atoms with Crippen LogP contribution in [0.5, 0.6) is 0 Å². The van der Waals surface area contributed by atoms with E-state index >= 15 is 0 Å². The van der Waals surface area contributed by atoms with Gasteiger partial charge in [-0.25, -0.2) is 4.39 Å². The first-order chi connectivity index (χ1) is 9.65. The molecule has 0 N–H and O–H groups in total. The van der Waals surface area contributed by atoms with E-state index in [1.54, 1.807) is 12.1 Å². The molecule has 20 heavy (non-hydrogen) atoms. The molecule has 0 spiro atoms. The number of piperazine rings is 1. The first-order valence-electron chi connectivity index (χ1n) is 7.45. The van der Waals surface area contributed by atoms with Crippen molar-refractivity contribution in [3.8, 4) is 0 Å². The van der Waals surface area contributed by atoms with Gasteiger partial charge in [0.1, 0.15) is 5.82 Å². The molecule has 0 saturated carbocycles. The van der Waals surface area contributed by atoms with E-state index in [4.69, 9.17) is 0 Å². The Labute approximate surface area is 120 Å². The van der Waals surface area contributed by atoms with Gasteiger partial charge in [0.15, 0.2) is 0 Å². The maximum absolute atomic E-state index is 12.9. The number of carbonyl (C=O) groups excluding carboxylic acids is 1. The van der Waals surface area contributed by atoms with Crippen LogP contribution in [0, 0.1) is 11.7 Å². The highest BCUT2D eigenvalue weighted by Crippen LogP contribution is 2.19. The zero-order valence-corrected chi connectivity index (χ0v) is 12.3. The lowest BCUT2D eigenvalue weighted by molar-refractivity contribution is -0.136. The van der Waals surface area contributed by atoms with E-state index < -0.39 is 0 Å². The van der Waals surface area contributed by atoms with Gasteiger partial charge in [-0.05, 0) is 37.1 Å². The number of benzene rings is 1. The van der Waals surface area contributed by atoms with Gasteiger partial charge in [-0.15, -0.1) is 0 Å². The Kier molecular flexibility index (Phi) is 4.99. The van der Waals surface area contributed by atoms with E-state index in [1.807, 2.05) is 4.90 Å². The van der Waals surface area contributed by atoms with Gasteiger partial charge in [0, 0.05) is 37.8 Å². The number of amides is 1. The van der Waals surface area contributed by atoms with Crippen molar-refractivity contribution in [2.75, 3.05) is 31.1 Å². The molecule has 1 aliphatic rings. The smallest absolute Gasteiger partial charge is 0.225 e. The summed E-state index contributed by atoms with van der Waals surface area (Å²) in [7, 11) is 0. The number of nitrogens with zero attached hydrogens (tertiary/aromatic N) is 2. The van der Waals surface area contributed by atoms with Gasteiger partial charge in [-0.1, -0.05) is 13.8 Å². The summed E-state index contributed by atoms with van der Waals surface area (Å²) in [6.45, 7) is 7.29. The Morgan fingerprint density at radius 3 is 2.15 bits per heavy atom. The number of hydrogen-bond donors (Lipinski definition) is 0. The molecule has 4 heteroatoms. The number of hydrogen-bond acceptors (Lipinski definition) is 2. The van der Waals surface area contributed by atoms with Crippen LogP contribution in [0.2, 0.25) is 0 Å². The molecule has 0 unspecified atom stereocenters. The summed E-state index contributed by atoms with van der Waals surface area (Å²) in [6.07, 6.45) is 1.82. The topological polar surface area (TPSA) is 23.6 Å². The van der Waals surface area contributed by atoms with Gasteiger partial charge in [0.2, 0.25) is 5.91 Å². The quantitative estimate of drug-likeness (QED) is 0.845. The predicted molar refractivity (Wildman–Crippen MR) is 79.3 cm³/mol. The van der Waals surface area contributed by atoms with Crippen molar-refractivity contribution in [3.05, 3.63) is 30.1 Å². The van der Waals surface area contributed by atoms with Crippen LogP contribution in [-0.4, -0.2) is 37.0 Å². The molecule has 3 nitrogen and oxygen atoms in total. The Balaban J connectivity index is 1.92. The Morgan fingerprint density at radius 2 is 1.65 bits per heavy atom. The van der Waals surface area contributed by atoms with E-state index in [1.165, 1.54) is 12.1 Å². The molecule has 1 aromatic rings. The molecule has 110 valence electrons. The normalized spacial score (nSPS) is 15.8. The van der Waals surface area contributed by atoms with Gasteiger partial charge in [-0.3, -0.25) is 4.79 Å². The molecule has 0 aliphatic carbocycles. The summed E-state index contributed by atoms with van der Waals surface area (Å²) in [5.74, 6) is 0.234. The van der Waals surface area contributed by atoms with Crippen molar-refractivity contribution >= 4 is 11.6 Å². The van der Waals surface area contributed by atoms with Crippen LogP contribution in [0.25, 0.3) is 0 Å². The average molecular weight is 278 g/mol. The molecule has 1 fully saturated rings. The minimum atomic E-state index is -0.212. The third-order valence-electron chi connectivity index (χ3n) is 4.12. The second-order valence-electron chi connectivity index (χ2n) is 5.30. The number of rotatable bonds is 4. The van der Waals surface area contributed by atoms with Gasteiger partial charge in [0.25, 0.3) is 0 Å². The lowest BCUT2D eigenvalue weighted by Crippen LogP contribution is -2.50. The fraction of sp³-hybridized carbons (Fsp3) is 0.562. The van der Waals surface area contributed by atoms with Crippen molar-refractivity contribution in [1.82, 2.24) is 4.90 Å². The molecular formula is C16H23FN2O. The van der Waals surface area contributed by atoms with Crippen molar-refractivity contribution in [3.63, 3.8) is 0 Å². The van der Waals surface area contributed by atoms with E-state index in [2.05, 4.69) is 18.7 Å². The fourth-order valence-electron chi connectivity index (χ4n) is 2.73. The summed E-state index contributed by atoms with van der Waals surface area (Å²) in [4.78, 5) is 16.5. The summed E-state index contributed by atoms with van der Waals surface area (Å²) in [6, 6.07) is 6.57. The summed E-state index contributed by atoms with van der Waals surface area (Å²) in [5.41, 5.74) is 1.03. The fourth-order valence-corrected chi connectivity index (χ4v) is 2.73. The molecule has 1 saturated heterocycles. The first-order valence-corrected chi connectivity index (χ1v) is 7.45. The maximum atomic E-state index is 12.9. The van der Waals surface area contributed by atoms with E-state index in [0.29, 0.717) is 0 Å². The van der Waals surface area contributed by atoms with Crippen LogP contribution >= 0.6 is 0 Å². The van der Waals surface area contributed by atoms with Gasteiger partial charge < -0.3 is 9.80 Å². The highest BCUT2D eigenvalue weighted by Gasteiger charge is 2.25. The summed E-state index contributed by atoms with van der Waals surface area (Å²) < 4.78 is 12.9. The van der Waals surface area contributed by atoms with Crippen LogP contribution in [-0.2, 0) is 4.79 Å². The third-order valence-corrected chi connectivity index (χ3v) is 4.12. The largest absolute Gasteiger partial charge is 0.368 e. The van der Waals surface area contributed by atoms with Crippen molar-refractivity contribution in [1.29, 1.82) is 0 Å². The van der Waals surface area contributed by atoms with E-state index in [-0.39, 0.29) is 17.6 Å². The lowest BCUT2D eigenvalue weighted by Gasteiger charge is -2.37. The standard InChI is InChI=1S/C16H23FN2O/c1-3-13(4-2)16(20)19-11-9-18(10-12-19)15-7-5-14(17)6-8-15/h5-8,13H,3-4,9-12H2,1-2H3. The number of carbonyl (C=O) groups is 1. The van der Waals surface area contributed by atoms with Crippen LogP contribution in [0.3, 0.4) is 0 Å². The highest BCUT2D eigenvalue weighted by molar-refractivity contribution is 5.79. The zero-order valence-electron chi connectivity index (χ0n) is 12.3. The Bertz CT molecular complexity index is 434. The second-order valence-corrected chi connectivity index (χ2v) is 5.30. The zero-order chi connectivity index (χ0) is 14.5. The SMILES string of the molecule is CCC(CC)C(=O)N1CCN(c2ccc(F)cc2)CC1. The molecule has 1 aliphatic heterocycles. The maximum Gasteiger partial charge on any atom is 0.225 e. The predicted octanol–water partition coefficient (Wildman–Crippen LogP) is 2.91. The van der Waals surface area contributed by atoms with Crippen molar-refractivity contribution < 1.29 is 9.18 Å².